The summed E-state index contributed by atoms with van der Waals surface area (Å²) in [4.78, 5) is 24.5. The smallest absolute Gasteiger partial charge is 0.267 e. The summed E-state index contributed by atoms with van der Waals surface area (Å²) in [6.45, 7) is 1.97. The summed E-state index contributed by atoms with van der Waals surface area (Å²) in [7, 11) is 0. The lowest BCUT2D eigenvalue weighted by Crippen LogP contribution is -2.35. The lowest BCUT2D eigenvalue weighted by atomic mass is 10.1. The summed E-state index contributed by atoms with van der Waals surface area (Å²) >= 11 is 3.37. The highest BCUT2D eigenvalue weighted by Gasteiger charge is 2.34. The molecule has 0 bridgehead atoms. The van der Waals surface area contributed by atoms with Crippen molar-refractivity contribution in [3.63, 3.8) is 0 Å². The first-order valence-electron chi connectivity index (χ1n) is 6.74. The van der Waals surface area contributed by atoms with E-state index in [1.807, 2.05) is 43.3 Å². The highest BCUT2D eigenvalue weighted by atomic mass is 79.9. The average molecular weight is 357 g/mol. The second-order valence-corrected chi connectivity index (χ2v) is 5.95. The van der Waals surface area contributed by atoms with Crippen molar-refractivity contribution in [1.82, 2.24) is 5.43 Å². The predicted molar refractivity (Wildman–Crippen MR) is 88.9 cm³/mol. The van der Waals surface area contributed by atoms with Gasteiger partial charge in [-0.05, 0) is 42.8 Å². The Morgan fingerprint density at radius 1 is 1.09 bits per heavy atom. The molecule has 22 heavy (non-hydrogen) atoms. The number of nitrogens with one attached hydrogen (secondary N) is 1. The van der Waals surface area contributed by atoms with Crippen LogP contribution in [-0.2, 0) is 9.59 Å². The first-order valence-corrected chi connectivity index (χ1v) is 7.53. The van der Waals surface area contributed by atoms with Gasteiger partial charge < -0.3 is 0 Å². The monoisotopic (exact) mass is 356 g/mol. The molecule has 110 valence electrons. The number of rotatable bonds is 2. The zero-order chi connectivity index (χ0) is 15.7. The maximum atomic E-state index is 12.5. The van der Waals surface area contributed by atoms with E-state index >= 15 is 0 Å². The van der Waals surface area contributed by atoms with E-state index in [-0.39, 0.29) is 11.5 Å². The molecule has 1 aliphatic rings. The summed E-state index contributed by atoms with van der Waals surface area (Å²) in [6, 6.07) is 14.8. The van der Waals surface area contributed by atoms with E-state index in [9.17, 15) is 9.59 Å². The number of aryl methyl sites for hydroxylation is 1. The van der Waals surface area contributed by atoms with Gasteiger partial charge in [0.25, 0.3) is 11.8 Å². The van der Waals surface area contributed by atoms with Gasteiger partial charge in [-0.1, -0.05) is 45.8 Å². The number of hydrogen-bond acceptors (Lipinski definition) is 2. The van der Waals surface area contributed by atoms with Crippen LogP contribution in [0.2, 0.25) is 0 Å². The summed E-state index contributed by atoms with van der Waals surface area (Å²) < 4.78 is 0.892. The number of halogens is 1. The van der Waals surface area contributed by atoms with Crippen molar-refractivity contribution in [1.29, 1.82) is 0 Å². The van der Waals surface area contributed by atoms with Crippen LogP contribution in [0, 0.1) is 6.92 Å². The quantitative estimate of drug-likeness (QED) is 0.663. The van der Waals surface area contributed by atoms with E-state index in [0.717, 1.165) is 15.6 Å². The van der Waals surface area contributed by atoms with Crippen LogP contribution in [0.15, 0.2) is 58.6 Å². The lowest BCUT2D eigenvalue weighted by Gasteiger charge is -2.14. The van der Waals surface area contributed by atoms with Gasteiger partial charge in [0.1, 0.15) is 5.57 Å². The lowest BCUT2D eigenvalue weighted by molar-refractivity contribution is -0.117. The number of carbonyl (C=O) groups excluding carboxylic acids is 2. The van der Waals surface area contributed by atoms with Crippen LogP contribution in [-0.4, -0.2) is 11.8 Å². The average Bonchev–Trinajstić information content (AvgIpc) is 2.76. The van der Waals surface area contributed by atoms with Gasteiger partial charge >= 0.3 is 0 Å². The predicted octanol–water partition coefficient (Wildman–Crippen LogP) is 3.22. The molecule has 1 saturated heterocycles. The summed E-state index contributed by atoms with van der Waals surface area (Å²) in [5, 5.41) is 1.27. The summed E-state index contributed by atoms with van der Waals surface area (Å²) in [6.07, 6.45) is 1.59. The first kappa shape index (κ1) is 14.5. The van der Waals surface area contributed by atoms with Gasteiger partial charge in [-0.2, -0.15) is 0 Å². The van der Waals surface area contributed by atoms with E-state index < -0.39 is 5.91 Å². The SMILES string of the molecule is Cc1ccc(N2NC(=O)/C(=C\c3cccc(Br)c3)C2=O)cc1. The van der Waals surface area contributed by atoms with E-state index in [1.165, 1.54) is 5.01 Å². The summed E-state index contributed by atoms with van der Waals surface area (Å²) in [5.74, 6) is -0.751. The van der Waals surface area contributed by atoms with Gasteiger partial charge in [0, 0.05) is 4.47 Å². The van der Waals surface area contributed by atoms with Crippen LogP contribution < -0.4 is 10.4 Å². The first-order chi connectivity index (χ1) is 10.5. The maximum Gasteiger partial charge on any atom is 0.282 e. The minimum atomic E-state index is -0.398. The molecule has 1 aliphatic heterocycles. The third-order valence-electron chi connectivity index (χ3n) is 3.34. The van der Waals surface area contributed by atoms with Gasteiger partial charge in [-0.3, -0.25) is 15.0 Å². The van der Waals surface area contributed by atoms with Gasteiger partial charge in [-0.15, -0.1) is 0 Å². The van der Waals surface area contributed by atoms with E-state index in [4.69, 9.17) is 0 Å². The Balaban J connectivity index is 1.93. The van der Waals surface area contributed by atoms with Crippen molar-refractivity contribution >= 4 is 39.5 Å². The number of hydrazine groups is 1. The molecule has 0 spiro atoms. The zero-order valence-electron chi connectivity index (χ0n) is 11.8. The fourth-order valence-electron chi connectivity index (χ4n) is 2.20. The maximum absolute atomic E-state index is 12.5. The van der Waals surface area contributed by atoms with Crippen molar-refractivity contribution in [2.45, 2.75) is 6.92 Å². The van der Waals surface area contributed by atoms with Crippen LogP contribution in [0.5, 0.6) is 0 Å². The standard InChI is InChI=1S/C17H13BrN2O2/c1-11-5-7-14(8-6-11)20-17(22)15(16(21)19-20)10-12-3-2-4-13(18)9-12/h2-10H,1H3,(H,19,21)/b15-10+. The van der Waals surface area contributed by atoms with Gasteiger partial charge in [-0.25, -0.2) is 5.01 Å². The van der Waals surface area contributed by atoms with E-state index in [1.54, 1.807) is 18.2 Å². The molecule has 0 aliphatic carbocycles. The third kappa shape index (κ3) is 2.80. The Morgan fingerprint density at radius 2 is 1.82 bits per heavy atom. The molecule has 0 atom stereocenters. The molecule has 5 heteroatoms. The second-order valence-electron chi connectivity index (χ2n) is 5.03. The topological polar surface area (TPSA) is 49.4 Å². The molecule has 2 aromatic carbocycles. The molecular formula is C17H13BrN2O2. The molecule has 0 radical (unpaired) electrons. The summed E-state index contributed by atoms with van der Waals surface area (Å²) in [5.41, 5.74) is 5.23. The minimum Gasteiger partial charge on any atom is -0.267 e. The molecular weight excluding hydrogens is 344 g/mol. The number of amides is 2. The molecule has 3 rings (SSSR count). The number of hydrogen-bond donors (Lipinski definition) is 1. The highest BCUT2D eigenvalue weighted by molar-refractivity contribution is 9.10. The van der Waals surface area contributed by atoms with Crippen LogP contribution >= 0.6 is 15.9 Å². The van der Waals surface area contributed by atoms with Gasteiger partial charge in [0.15, 0.2) is 0 Å². The Labute approximate surface area is 136 Å². The molecule has 1 fully saturated rings. The Hall–Kier alpha value is -2.40. The number of anilines is 1. The molecule has 0 saturated carbocycles. The number of benzene rings is 2. The van der Waals surface area contributed by atoms with Crippen molar-refractivity contribution in [2.24, 2.45) is 0 Å². The van der Waals surface area contributed by atoms with Gasteiger partial charge in [0.2, 0.25) is 0 Å². The second kappa shape index (κ2) is 5.77. The molecule has 1 heterocycles. The Bertz CT molecular complexity index is 782. The molecule has 0 aromatic heterocycles. The largest absolute Gasteiger partial charge is 0.282 e. The van der Waals surface area contributed by atoms with Crippen molar-refractivity contribution in [3.05, 3.63) is 69.7 Å². The zero-order valence-corrected chi connectivity index (χ0v) is 13.4. The van der Waals surface area contributed by atoms with Crippen LogP contribution in [0.25, 0.3) is 6.08 Å². The fourth-order valence-corrected chi connectivity index (χ4v) is 2.61. The van der Waals surface area contributed by atoms with Crippen LogP contribution in [0.4, 0.5) is 5.69 Å². The minimum absolute atomic E-state index is 0.124. The molecule has 1 N–H and O–H groups in total. The Kier molecular flexibility index (Phi) is 3.81. The van der Waals surface area contributed by atoms with E-state index in [2.05, 4.69) is 21.4 Å². The van der Waals surface area contributed by atoms with Gasteiger partial charge in [0.05, 0.1) is 5.69 Å². The third-order valence-corrected chi connectivity index (χ3v) is 3.84. The normalized spacial score (nSPS) is 16.3. The fraction of sp³-hybridized carbons (Fsp3) is 0.0588. The van der Waals surface area contributed by atoms with Crippen LogP contribution in [0.3, 0.4) is 0 Å². The number of nitrogens with zero attached hydrogens (tertiary/aromatic N) is 1. The number of carbonyl (C=O) groups is 2. The molecule has 2 aromatic rings. The Morgan fingerprint density at radius 3 is 2.50 bits per heavy atom. The van der Waals surface area contributed by atoms with Crippen molar-refractivity contribution < 1.29 is 9.59 Å². The van der Waals surface area contributed by atoms with Crippen molar-refractivity contribution in [2.75, 3.05) is 5.01 Å². The highest BCUT2D eigenvalue weighted by Crippen LogP contribution is 2.22. The van der Waals surface area contributed by atoms with Crippen LogP contribution in [0.1, 0.15) is 11.1 Å². The molecule has 2 amide bonds. The molecule has 4 nitrogen and oxygen atoms in total. The van der Waals surface area contributed by atoms with E-state index in [0.29, 0.717) is 5.69 Å². The van der Waals surface area contributed by atoms with Crippen molar-refractivity contribution in [3.8, 4) is 0 Å². The molecule has 0 unspecified atom stereocenters.